The van der Waals surface area contributed by atoms with Crippen LogP contribution < -0.4 is 10.5 Å². The van der Waals surface area contributed by atoms with Crippen molar-refractivity contribution in [3.8, 4) is 0 Å². The molecule has 2 aliphatic heterocycles. The van der Waals surface area contributed by atoms with Crippen molar-refractivity contribution < 1.29 is 13.2 Å². The van der Waals surface area contributed by atoms with Crippen molar-refractivity contribution in [3.05, 3.63) is 0 Å². The number of hydrogen-bond acceptors (Lipinski definition) is 4. The van der Waals surface area contributed by atoms with Crippen molar-refractivity contribution in [2.75, 3.05) is 32.8 Å². The lowest BCUT2D eigenvalue weighted by atomic mass is 10.0. The van der Waals surface area contributed by atoms with Gasteiger partial charge < -0.3 is 10.5 Å². The van der Waals surface area contributed by atoms with Crippen LogP contribution >= 0.6 is 0 Å². The van der Waals surface area contributed by atoms with Crippen molar-refractivity contribution in [2.45, 2.75) is 31.7 Å². The summed E-state index contributed by atoms with van der Waals surface area (Å²) in [6, 6.07) is 0. The van der Waals surface area contributed by atoms with E-state index < -0.39 is 15.7 Å². The molecule has 2 unspecified atom stereocenters. The summed E-state index contributed by atoms with van der Waals surface area (Å²) in [5.74, 6) is 0.281. The molecule has 0 amide bonds. The van der Waals surface area contributed by atoms with Gasteiger partial charge in [0, 0.05) is 19.7 Å². The minimum atomic E-state index is -3.42. The smallest absolute Gasteiger partial charge is 0.280 e. The van der Waals surface area contributed by atoms with E-state index in [0.29, 0.717) is 32.8 Å². The van der Waals surface area contributed by atoms with Gasteiger partial charge in [0.15, 0.2) is 0 Å². The van der Waals surface area contributed by atoms with Crippen LogP contribution in [-0.4, -0.2) is 51.1 Å². The monoisotopic (exact) mass is 277 g/mol. The molecule has 0 aliphatic carbocycles. The van der Waals surface area contributed by atoms with Gasteiger partial charge >= 0.3 is 0 Å². The molecule has 2 saturated heterocycles. The van der Waals surface area contributed by atoms with Crippen molar-refractivity contribution in [1.29, 1.82) is 0 Å². The maximum atomic E-state index is 12.3. The highest BCUT2D eigenvalue weighted by Crippen LogP contribution is 2.22. The molecular formula is C11H23N3O3S. The number of hydrogen-bond donors (Lipinski definition) is 2. The van der Waals surface area contributed by atoms with Gasteiger partial charge in [-0.3, -0.25) is 0 Å². The molecule has 0 saturated carbocycles. The van der Waals surface area contributed by atoms with E-state index in [1.165, 1.54) is 4.31 Å². The third-order valence-corrected chi connectivity index (χ3v) is 5.51. The van der Waals surface area contributed by atoms with Gasteiger partial charge in [-0.25, -0.2) is 0 Å². The molecule has 18 heavy (non-hydrogen) atoms. The fourth-order valence-electron chi connectivity index (χ4n) is 2.56. The van der Waals surface area contributed by atoms with Gasteiger partial charge in [-0.05, 0) is 38.6 Å². The number of nitrogens with two attached hydrogens (primary N) is 1. The highest BCUT2D eigenvalue weighted by atomic mass is 32.2. The molecule has 6 nitrogen and oxygen atoms in total. The first-order chi connectivity index (χ1) is 8.45. The van der Waals surface area contributed by atoms with Gasteiger partial charge in [0.2, 0.25) is 0 Å². The molecule has 3 N–H and O–H groups in total. The van der Waals surface area contributed by atoms with Gasteiger partial charge in [-0.1, -0.05) is 0 Å². The number of rotatable bonds is 4. The summed E-state index contributed by atoms with van der Waals surface area (Å²) in [7, 11) is -3.42. The zero-order valence-corrected chi connectivity index (χ0v) is 11.7. The maximum absolute atomic E-state index is 12.3. The minimum Gasteiger partial charge on any atom is -0.379 e. The molecule has 0 bridgehead atoms. The second-order valence-corrected chi connectivity index (χ2v) is 7.24. The van der Waals surface area contributed by atoms with Crippen LogP contribution in [0.1, 0.15) is 26.2 Å². The van der Waals surface area contributed by atoms with Crippen LogP contribution in [0.4, 0.5) is 0 Å². The van der Waals surface area contributed by atoms with Crippen LogP contribution in [0.3, 0.4) is 0 Å². The highest BCUT2D eigenvalue weighted by molar-refractivity contribution is 7.87. The summed E-state index contributed by atoms with van der Waals surface area (Å²) in [5.41, 5.74) is 5.17. The van der Waals surface area contributed by atoms with Crippen molar-refractivity contribution in [1.82, 2.24) is 9.03 Å². The van der Waals surface area contributed by atoms with E-state index in [9.17, 15) is 8.42 Å². The predicted molar refractivity (Wildman–Crippen MR) is 69.2 cm³/mol. The average Bonchev–Trinajstić information content (AvgIpc) is 2.75. The summed E-state index contributed by atoms with van der Waals surface area (Å²) in [5, 5.41) is 0. The van der Waals surface area contributed by atoms with Crippen molar-refractivity contribution in [3.63, 3.8) is 0 Å². The number of nitrogens with one attached hydrogen (secondary N) is 1. The van der Waals surface area contributed by atoms with E-state index in [2.05, 4.69) is 4.72 Å². The third kappa shape index (κ3) is 3.21. The third-order valence-electron chi connectivity index (χ3n) is 3.75. The zero-order chi connectivity index (χ0) is 13.2. The van der Waals surface area contributed by atoms with Crippen LogP contribution in [-0.2, 0) is 14.9 Å². The Bertz CT molecular complexity index is 379. The summed E-state index contributed by atoms with van der Waals surface area (Å²) in [6.07, 6.45) is 2.62. The molecule has 106 valence electrons. The normalized spacial score (nSPS) is 34.9. The van der Waals surface area contributed by atoms with Crippen LogP contribution in [0.5, 0.6) is 0 Å². The second kappa shape index (κ2) is 5.42. The van der Waals surface area contributed by atoms with Crippen molar-refractivity contribution in [2.24, 2.45) is 11.7 Å². The van der Waals surface area contributed by atoms with E-state index in [0.717, 1.165) is 19.3 Å². The van der Waals surface area contributed by atoms with Crippen LogP contribution in [0.15, 0.2) is 0 Å². The van der Waals surface area contributed by atoms with Gasteiger partial charge in [0.1, 0.15) is 0 Å². The van der Waals surface area contributed by atoms with Crippen LogP contribution in [0.2, 0.25) is 0 Å². The molecule has 2 rings (SSSR count). The molecule has 7 heteroatoms. The van der Waals surface area contributed by atoms with Crippen molar-refractivity contribution >= 4 is 10.2 Å². The fourth-order valence-corrected chi connectivity index (χ4v) is 4.25. The maximum Gasteiger partial charge on any atom is 0.280 e. The molecule has 0 aromatic rings. The largest absolute Gasteiger partial charge is 0.379 e. The summed E-state index contributed by atoms with van der Waals surface area (Å²) >= 11 is 0. The minimum absolute atomic E-state index is 0.281. The highest BCUT2D eigenvalue weighted by Gasteiger charge is 2.37. The van der Waals surface area contributed by atoms with E-state index >= 15 is 0 Å². The molecule has 0 aromatic carbocycles. The second-order valence-electron chi connectivity index (χ2n) is 5.57. The zero-order valence-electron chi connectivity index (χ0n) is 10.9. The predicted octanol–water partition coefficient (Wildman–Crippen LogP) is -0.329. The lowest BCUT2D eigenvalue weighted by molar-refractivity contribution is 0.176. The topological polar surface area (TPSA) is 84.7 Å². The molecule has 2 aliphatic rings. The first-order valence-electron chi connectivity index (χ1n) is 6.52. The first-order valence-corrected chi connectivity index (χ1v) is 7.96. The Labute approximate surface area is 109 Å². The van der Waals surface area contributed by atoms with Gasteiger partial charge in [-0.2, -0.15) is 17.4 Å². The van der Waals surface area contributed by atoms with Gasteiger partial charge in [0.05, 0.1) is 12.1 Å². The van der Waals surface area contributed by atoms with Gasteiger partial charge in [0.25, 0.3) is 10.2 Å². The first kappa shape index (κ1) is 14.2. The van der Waals surface area contributed by atoms with Gasteiger partial charge in [-0.15, -0.1) is 0 Å². The number of piperidine rings is 1. The van der Waals surface area contributed by atoms with E-state index in [4.69, 9.17) is 10.5 Å². The molecule has 0 radical (unpaired) electrons. The SMILES string of the molecule is CC1(NS(=O)(=O)N2CCCC(CN)C2)CCOC1. The Balaban J connectivity index is 2.01. The summed E-state index contributed by atoms with van der Waals surface area (Å²) < 4.78 is 34.2. The Morgan fingerprint density at radius 1 is 1.56 bits per heavy atom. The lowest BCUT2D eigenvalue weighted by Crippen LogP contribution is -2.54. The standard InChI is InChI=1S/C11H23N3O3S/c1-11(4-6-17-9-11)13-18(15,16)14-5-2-3-10(7-12)8-14/h10,13H,2-9,12H2,1H3. The number of nitrogens with zero attached hydrogens (tertiary/aromatic N) is 1. The molecule has 2 heterocycles. The molecule has 0 aromatic heterocycles. The Kier molecular flexibility index (Phi) is 4.28. The summed E-state index contributed by atoms with van der Waals surface area (Å²) in [6.45, 7) is 4.62. The van der Waals surface area contributed by atoms with E-state index in [-0.39, 0.29) is 5.92 Å². The Morgan fingerprint density at radius 3 is 2.94 bits per heavy atom. The van der Waals surface area contributed by atoms with E-state index in [1.807, 2.05) is 6.92 Å². The Hall–Kier alpha value is -0.210. The van der Waals surface area contributed by atoms with E-state index in [1.54, 1.807) is 0 Å². The molecule has 2 atom stereocenters. The number of ether oxygens (including phenoxy) is 1. The molecular weight excluding hydrogens is 254 g/mol. The summed E-state index contributed by atoms with van der Waals surface area (Å²) in [4.78, 5) is 0. The Morgan fingerprint density at radius 2 is 2.33 bits per heavy atom. The molecule has 2 fully saturated rings. The van der Waals surface area contributed by atoms with Crippen LogP contribution in [0.25, 0.3) is 0 Å². The fraction of sp³-hybridized carbons (Fsp3) is 1.00. The lowest BCUT2D eigenvalue weighted by Gasteiger charge is -2.34. The average molecular weight is 277 g/mol. The quantitative estimate of drug-likeness (QED) is 0.737. The molecule has 0 spiro atoms. The van der Waals surface area contributed by atoms with Crippen LogP contribution in [0, 0.1) is 5.92 Å².